The van der Waals surface area contributed by atoms with Crippen molar-refractivity contribution in [3.05, 3.63) is 48.0 Å². The summed E-state index contributed by atoms with van der Waals surface area (Å²) in [4.78, 5) is 10.8. The lowest BCUT2D eigenvalue weighted by Gasteiger charge is -2.07. The van der Waals surface area contributed by atoms with E-state index < -0.39 is 0 Å². The quantitative estimate of drug-likeness (QED) is 0.830. The van der Waals surface area contributed by atoms with Crippen molar-refractivity contribution in [1.82, 2.24) is 0 Å². The number of carbonyl (C=O) groups excluding carboxylic acids is 1. The topological polar surface area (TPSA) is 46.5 Å². The van der Waals surface area contributed by atoms with Gasteiger partial charge < -0.3 is 9.84 Å². The van der Waals surface area contributed by atoms with Crippen molar-refractivity contribution >= 4 is 6.29 Å². The van der Waals surface area contributed by atoms with E-state index in [1.54, 1.807) is 12.1 Å². The molecule has 2 aromatic rings. The standard InChI is InChI=1S/C16H16O3/c1-2-9-19-15-6-3-12(4-7-15)13-5-8-16(18)14(10-13)11-17/h3-8,10-11,18H,2,9H2,1H3. The van der Waals surface area contributed by atoms with Gasteiger partial charge in [-0.1, -0.05) is 25.1 Å². The van der Waals surface area contributed by atoms with Gasteiger partial charge in [0.1, 0.15) is 11.5 Å². The molecular formula is C16H16O3. The van der Waals surface area contributed by atoms with E-state index in [9.17, 15) is 9.90 Å². The van der Waals surface area contributed by atoms with E-state index in [-0.39, 0.29) is 5.75 Å². The summed E-state index contributed by atoms with van der Waals surface area (Å²) in [5.41, 5.74) is 2.16. The first kappa shape index (κ1) is 13.1. The Bertz CT molecular complexity index is 559. The minimum atomic E-state index is 0.00153. The lowest BCUT2D eigenvalue weighted by atomic mass is 10.0. The minimum Gasteiger partial charge on any atom is -0.507 e. The van der Waals surface area contributed by atoms with Gasteiger partial charge in [0.15, 0.2) is 6.29 Å². The smallest absolute Gasteiger partial charge is 0.153 e. The minimum absolute atomic E-state index is 0.00153. The number of benzene rings is 2. The van der Waals surface area contributed by atoms with Crippen LogP contribution in [-0.4, -0.2) is 18.0 Å². The second kappa shape index (κ2) is 6.05. The molecule has 0 unspecified atom stereocenters. The van der Waals surface area contributed by atoms with Crippen LogP contribution >= 0.6 is 0 Å². The molecule has 2 aromatic carbocycles. The first-order chi connectivity index (χ1) is 9.24. The third-order valence-corrected chi connectivity index (χ3v) is 2.82. The summed E-state index contributed by atoms with van der Waals surface area (Å²) in [5, 5.41) is 9.47. The lowest BCUT2D eigenvalue weighted by molar-refractivity contribution is 0.112. The average Bonchev–Trinajstić information content (AvgIpc) is 2.46. The predicted octanol–water partition coefficient (Wildman–Crippen LogP) is 3.66. The Hall–Kier alpha value is -2.29. The molecule has 0 saturated carbocycles. The maximum atomic E-state index is 10.8. The maximum absolute atomic E-state index is 10.8. The van der Waals surface area contributed by atoms with Gasteiger partial charge in [-0.3, -0.25) is 4.79 Å². The number of ether oxygens (including phenoxy) is 1. The highest BCUT2D eigenvalue weighted by Gasteiger charge is 2.04. The predicted molar refractivity (Wildman–Crippen MR) is 74.7 cm³/mol. The van der Waals surface area contributed by atoms with Crippen molar-refractivity contribution in [2.75, 3.05) is 6.61 Å². The number of rotatable bonds is 5. The van der Waals surface area contributed by atoms with Crippen molar-refractivity contribution < 1.29 is 14.6 Å². The van der Waals surface area contributed by atoms with Gasteiger partial charge in [0.25, 0.3) is 0 Å². The van der Waals surface area contributed by atoms with Crippen LogP contribution in [0, 0.1) is 0 Å². The molecule has 0 spiro atoms. The molecule has 3 heteroatoms. The first-order valence-electron chi connectivity index (χ1n) is 6.26. The zero-order valence-corrected chi connectivity index (χ0v) is 10.8. The van der Waals surface area contributed by atoms with Gasteiger partial charge in [0.2, 0.25) is 0 Å². The summed E-state index contributed by atoms with van der Waals surface area (Å²) in [5.74, 6) is 0.835. The molecule has 3 nitrogen and oxygen atoms in total. The third-order valence-electron chi connectivity index (χ3n) is 2.82. The molecule has 0 fully saturated rings. The molecule has 0 amide bonds. The summed E-state index contributed by atoms with van der Waals surface area (Å²) >= 11 is 0. The molecule has 0 bridgehead atoms. The fraction of sp³-hybridized carbons (Fsp3) is 0.188. The maximum Gasteiger partial charge on any atom is 0.153 e. The molecule has 0 saturated heterocycles. The number of hydrogen-bond donors (Lipinski definition) is 1. The van der Waals surface area contributed by atoms with E-state index in [4.69, 9.17) is 4.74 Å². The number of aldehydes is 1. The normalized spacial score (nSPS) is 10.2. The Morgan fingerprint density at radius 2 is 1.79 bits per heavy atom. The highest BCUT2D eigenvalue weighted by Crippen LogP contribution is 2.26. The van der Waals surface area contributed by atoms with E-state index in [1.165, 1.54) is 6.07 Å². The molecule has 19 heavy (non-hydrogen) atoms. The molecule has 0 aliphatic heterocycles. The van der Waals surface area contributed by atoms with Gasteiger partial charge >= 0.3 is 0 Å². The van der Waals surface area contributed by atoms with Crippen LogP contribution in [0.4, 0.5) is 0 Å². The number of aromatic hydroxyl groups is 1. The van der Waals surface area contributed by atoms with Gasteiger partial charge in [-0.15, -0.1) is 0 Å². The number of phenols is 1. The molecule has 1 N–H and O–H groups in total. The third kappa shape index (κ3) is 3.13. The largest absolute Gasteiger partial charge is 0.507 e. The second-order valence-corrected chi connectivity index (χ2v) is 4.26. The highest BCUT2D eigenvalue weighted by atomic mass is 16.5. The van der Waals surface area contributed by atoms with E-state index in [0.717, 1.165) is 23.3 Å². The molecule has 0 aliphatic rings. The summed E-state index contributed by atoms with van der Waals surface area (Å²) in [7, 11) is 0. The van der Waals surface area contributed by atoms with Crippen LogP contribution in [0.15, 0.2) is 42.5 Å². The Balaban J connectivity index is 2.24. The Kier molecular flexibility index (Phi) is 4.18. The Morgan fingerprint density at radius 3 is 2.42 bits per heavy atom. The molecule has 0 atom stereocenters. The fourth-order valence-corrected chi connectivity index (χ4v) is 1.79. The molecule has 2 rings (SSSR count). The number of hydrogen-bond acceptors (Lipinski definition) is 3. The van der Waals surface area contributed by atoms with E-state index in [2.05, 4.69) is 6.92 Å². The molecule has 0 aliphatic carbocycles. The Labute approximate surface area is 112 Å². The zero-order chi connectivity index (χ0) is 13.7. The second-order valence-electron chi connectivity index (χ2n) is 4.26. The van der Waals surface area contributed by atoms with Crippen LogP contribution in [0.2, 0.25) is 0 Å². The fourth-order valence-electron chi connectivity index (χ4n) is 1.79. The number of phenolic OH excluding ortho intramolecular Hbond substituents is 1. The van der Waals surface area contributed by atoms with Gasteiger partial charge in [-0.05, 0) is 41.8 Å². The summed E-state index contributed by atoms with van der Waals surface area (Å²) in [6.45, 7) is 2.76. The molecule has 0 heterocycles. The molecule has 98 valence electrons. The van der Waals surface area contributed by atoms with Crippen LogP contribution in [0.3, 0.4) is 0 Å². The van der Waals surface area contributed by atoms with Crippen molar-refractivity contribution in [2.45, 2.75) is 13.3 Å². The lowest BCUT2D eigenvalue weighted by Crippen LogP contribution is -1.94. The van der Waals surface area contributed by atoms with Gasteiger partial charge in [-0.25, -0.2) is 0 Å². The summed E-state index contributed by atoms with van der Waals surface area (Å²) < 4.78 is 5.51. The van der Waals surface area contributed by atoms with Gasteiger partial charge in [0, 0.05) is 0 Å². The van der Waals surface area contributed by atoms with Crippen LogP contribution in [0.5, 0.6) is 11.5 Å². The molecule has 0 aromatic heterocycles. The van der Waals surface area contributed by atoms with Gasteiger partial charge in [-0.2, -0.15) is 0 Å². The Morgan fingerprint density at radius 1 is 1.11 bits per heavy atom. The van der Waals surface area contributed by atoms with E-state index in [1.807, 2.05) is 24.3 Å². The monoisotopic (exact) mass is 256 g/mol. The first-order valence-corrected chi connectivity index (χ1v) is 6.26. The summed E-state index contributed by atoms with van der Waals surface area (Å²) in [6.07, 6.45) is 1.62. The van der Waals surface area contributed by atoms with Gasteiger partial charge in [0.05, 0.1) is 12.2 Å². The van der Waals surface area contributed by atoms with Crippen LogP contribution in [-0.2, 0) is 0 Å². The highest BCUT2D eigenvalue weighted by molar-refractivity contribution is 5.82. The van der Waals surface area contributed by atoms with Crippen molar-refractivity contribution in [3.8, 4) is 22.6 Å². The van der Waals surface area contributed by atoms with E-state index >= 15 is 0 Å². The van der Waals surface area contributed by atoms with Crippen LogP contribution < -0.4 is 4.74 Å². The zero-order valence-electron chi connectivity index (χ0n) is 10.8. The van der Waals surface area contributed by atoms with Crippen LogP contribution in [0.1, 0.15) is 23.7 Å². The average molecular weight is 256 g/mol. The van der Waals surface area contributed by atoms with Crippen molar-refractivity contribution in [2.24, 2.45) is 0 Å². The molecular weight excluding hydrogens is 240 g/mol. The van der Waals surface area contributed by atoms with E-state index in [0.29, 0.717) is 18.5 Å². The van der Waals surface area contributed by atoms with Crippen molar-refractivity contribution in [1.29, 1.82) is 0 Å². The van der Waals surface area contributed by atoms with Crippen molar-refractivity contribution in [3.63, 3.8) is 0 Å². The van der Waals surface area contributed by atoms with Crippen LogP contribution in [0.25, 0.3) is 11.1 Å². The number of carbonyl (C=O) groups is 1. The molecule has 0 radical (unpaired) electrons. The summed E-state index contributed by atoms with van der Waals surface area (Å²) in [6, 6.07) is 12.7. The SMILES string of the molecule is CCCOc1ccc(-c2ccc(O)c(C=O)c2)cc1.